The van der Waals surface area contributed by atoms with Gasteiger partial charge in [-0.1, -0.05) is 75.9 Å². The number of piperazine rings is 3. The number of fused-ring (bicyclic) bond motifs is 4. The normalized spacial score (nSPS) is 24.6. The van der Waals surface area contributed by atoms with Gasteiger partial charge < -0.3 is 37.1 Å². The maximum Gasteiger partial charge on any atom is 0.179 e. The minimum Gasteiger partial charge on any atom is -1.00 e. The summed E-state index contributed by atoms with van der Waals surface area (Å²) in [6.45, 7) is 13.3. The number of halogens is 1. The number of sulfone groups is 1. The number of benzene rings is 3. The predicted octanol–water partition coefficient (Wildman–Crippen LogP) is 2.80. The van der Waals surface area contributed by atoms with Gasteiger partial charge in [0.05, 0.1) is 36.4 Å². The molecule has 4 heterocycles. The molecule has 0 amide bonds. The molecule has 0 saturated carbocycles. The molecule has 50 heavy (non-hydrogen) atoms. The molecule has 3 N–H and O–H groups in total. The fraction of sp³-hybridized carbons (Fsp3) is 0.550. The smallest absolute Gasteiger partial charge is 0.179 e. The largest absolute Gasteiger partial charge is 1.00 e. The molecule has 4 aliphatic rings. The van der Waals surface area contributed by atoms with Gasteiger partial charge in [0.25, 0.3) is 0 Å². The summed E-state index contributed by atoms with van der Waals surface area (Å²) < 4.78 is 35.7. The number of anilines is 1. The second-order valence-corrected chi connectivity index (χ2v) is 17.0. The van der Waals surface area contributed by atoms with Gasteiger partial charge in [0.15, 0.2) is 9.84 Å². The number of hydrogen-bond donors (Lipinski definition) is 1. The zero-order chi connectivity index (χ0) is 33.9. The quantitative estimate of drug-likeness (QED) is 0.272. The van der Waals surface area contributed by atoms with Crippen molar-refractivity contribution in [1.29, 1.82) is 0 Å². The van der Waals surface area contributed by atoms with E-state index >= 15 is 0 Å². The summed E-state index contributed by atoms with van der Waals surface area (Å²) in [5, 5.41) is 12.4. The van der Waals surface area contributed by atoms with Crippen molar-refractivity contribution in [3.63, 3.8) is 0 Å². The molecule has 4 aliphatic heterocycles. The van der Waals surface area contributed by atoms with Crippen molar-refractivity contribution in [2.75, 3.05) is 64.0 Å². The number of aliphatic hydroxyl groups is 1. The summed E-state index contributed by atoms with van der Waals surface area (Å²) >= 11 is 0. The van der Waals surface area contributed by atoms with Crippen molar-refractivity contribution in [3.05, 3.63) is 89.0 Å². The van der Waals surface area contributed by atoms with Crippen molar-refractivity contribution in [2.24, 2.45) is 5.41 Å². The first-order chi connectivity index (χ1) is 23.1. The van der Waals surface area contributed by atoms with Crippen LogP contribution < -0.4 is 22.0 Å². The molecule has 0 spiro atoms. The van der Waals surface area contributed by atoms with Gasteiger partial charge in [-0.15, -0.1) is 0 Å². The highest BCUT2D eigenvalue weighted by atomic mass is 35.5. The number of aliphatic hydroxyl groups excluding tert-OH is 1. The summed E-state index contributed by atoms with van der Waals surface area (Å²) in [6, 6.07) is 22.5. The van der Waals surface area contributed by atoms with Crippen LogP contribution >= 0.6 is 0 Å². The van der Waals surface area contributed by atoms with Crippen LogP contribution in [0.5, 0.6) is 5.75 Å². The lowest BCUT2D eigenvalue weighted by atomic mass is 9.68. The lowest BCUT2D eigenvalue weighted by molar-refractivity contribution is -0.953. The molecule has 276 valence electrons. The second-order valence-electron chi connectivity index (χ2n) is 15.1. The summed E-state index contributed by atoms with van der Waals surface area (Å²) in [5.74, 6) is 0.264. The minimum absolute atomic E-state index is 0. The zero-order valence-electron chi connectivity index (χ0n) is 30.4. The molecule has 3 fully saturated rings. The third-order valence-corrected chi connectivity index (χ3v) is 13.5. The van der Waals surface area contributed by atoms with Gasteiger partial charge in [0, 0.05) is 56.3 Å². The fourth-order valence-corrected chi connectivity index (χ4v) is 10.6. The van der Waals surface area contributed by atoms with Crippen LogP contribution in [0.2, 0.25) is 0 Å². The summed E-state index contributed by atoms with van der Waals surface area (Å²) in [6.07, 6.45) is 4.21. The van der Waals surface area contributed by atoms with E-state index in [-0.39, 0.29) is 23.6 Å². The number of quaternary nitrogens is 1. The van der Waals surface area contributed by atoms with E-state index in [9.17, 15) is 13.5 Å². The monoisotopic (exact) mass is 727 g/mol. The van der Waals surface area contributed by atoms with Gasteiger partial charge in [-0.05, 0) is 59.9 Å². The number of unbranched alkanes of at least 4 members (excludes halogenated alkanes) is 2. The highest BCUT2D eigenvalue weighted by Crippen LogP contribution is 2.50. The Balaban J connectivity index is 0.00000281. The van der Waals surface area contributed by atoms with Crippen LogP contribution in [0.25, 0.3) is 0 Å². The van der Waals surface area contributed by atoms with Crippen LogP contribution in [-0.4, -0.2) is 93.6 Å². The first-order valence-corrected chi connectivity index (χ1v) is 19.8. The molecule has 2 bridgehead atoms. The molecule has 3 aromatic carbocycles. The summed E-state index contributed by atoms with van der Waals surface area (Å²) in [4.78, 5) is 4.93. The first-order valence-electron chi connectivity index (χ1n) is 18.2. The van der Waals surface area contributed by atoms with Gasteiger partial charge in [-0.25, -0.2) is 8.42 Å². The van der Waals surface area contributed by atoms with Gasteiger partial charge in [0.2, 0.25) is 0 Å². The lowest BCUT2D eigenvalue weighted by Gasteiger charge is -2.50. The lowest BCUT2D eigenvalue weighted by Crippen LogP contribution is -3.00. The fourth-order valence-electron chi connectivity index (χ4n) is 8.43. The Morgan fingerprint density at radius 3 is 2.02 bits per heavy atom. The first kappa shape index (κ1) is 40.1. The van der Waals surface area contributed by atoms with E-state index in [1.165, 1.54) is 49.3 Å². The third-order valence-electron chi connectivity index (χ3n) is 11.5. The van der Waals surface area contributed by atoms with Crippen LogP contribution in [0, 0.1) is 5.41 Å². The zero-order valence-corrected chi connectivity index (χ0v) is 32.0. The van der Waals surface area contributed by atoms with Crippen LogP contribution in [0.3, 0.4) is 0 Å². The Morgan fingerprint density at radius 1 is 0.880 bits per heavy atom. The SMILES string of the molecule is CCCCC1(CCCC)CS(=O)(=O)c2ccc(N(C)C)cc2[C@@H](c2ccc(OCc3ccc(C[N+]45CCN(CC4)CC5)cc3)cc2)[C@H]1O.O.[Cl-]. The number of ether oxygens (including phenoxy) is 1. The van der Waals surface area contributed by atoms with Crippen molar-refractivity contribution >= 4 is 15.5 Å². The van der Waals surface area contributed by atoms with Crippen LogP contribution in [0.15, 0.2) is 71.6 Å². The molecular weight excluding hydrogens is 670 g/mol. The summed E-state index contributed by atoms with van der Waals surface area (Å²) in [5.41, 5.74) is 4.34. The van der Waals surface area contributed by atoms with Gasteiger partial charge in [0.1, 0.15) is 18.9 Å². The molecule has 2 atom stereocenters. The number of rotatable bonds is 13. The molecule has 0 radical (unpaired) electrons. The van der Waals surface area contributed by atoms with E-state index in [0.29, 0.717) is 29.9 Å². The van der Waals surface area contributed by atoms with E-state index in [4.69, 9.17) is 4.74 Å². The van der Waals surface area contributed by atoms with E-state index in [1.807, 2.05) is 55.4 Å². The molecule has 0 unspecified atom stereocenters. The molecule has 3 aromatic rings. The average molecular weight is 728 g/mol. The van der Waals surface area contributed by atoms with Gasteiger partial charge >= 0.3 is 0 Å². The summed E-state index contributed by atoms with van der Waals surface area (Å²) in [7, 11) is 0.290. The van der Waals surface area contributed by atoms with Gasteiger partial charge in [-0.3, -0.25) is 4.90 Å². The standard InChI is InChI=1S/C40H56N3O4S.ClH.H2O/c1-5-7-19-40(20-8-6-2)30-48(45,46)37-18-15-34(41(3)4)27-36(37)38(39(40)44)33-13-16-35(17-14-33)47-29-32-11-9-31(10-12-32)28-43-24-21-42(22-25-43)23-26-43;;/h9-18,27,38-39,44H,5-8,19-26,28-30H2,1-4H3;1H;1H2/q+1;;/p-1/t38-,39-;;/m1../s1. The van der Waals surface area contributed by atoms with Gasteiger partial charge in [-0.2, -0.15) is 0 Å². The number of hydrogen-bond acceptors (Lipinski definition) is 6. The van der Waals surface area contributed by atoms with Crippen molar-refractivity contribution in [2.45, 2.75) is 82.4 Å². The Hall–Kier alpha value is -2.66. The topological polar surface area (TPSA) is 102 Å². The maximum atomic E-state index is 14.1. The Labute approximate surface area is 306 Å². The molecular formula is C40H58ClN3O5S. The van der Waals surface area contributed by atoms with E-state index in [2.05, 4.69) is 43.0 Å². The maximum absolute atomic E-state index is 14.1. The Bertz CT molecular complexity index is 1620. The van der Waals surface area contributed by atoms with E-state index in [0.717, 1.165) is 54.8 Å². The third kappa shape index (κ3) is 8.51. The predicted molar refractivity (Wildman–Crippen MR) is 198 cm³/mol. The Morgan fingerprint density at radius 2 is 1.46 bits per heavy atom. The van der Waals surface area contributed by atoms with E-state index in [1.54, 1.807) is 6.07 Å². The molecule has 0 aromatic heterocycles. The molecule has 0 aliphatic carbocycles. The van der Waals surface area contributed by atoms with Crippen LogP contribution in [0.1, 0.15) is 80.5 Å². The highest BCUT2D eigenvalue weighted by Gasteiger charge is 2.49. The Kier molecular flexibility index (Phi) is 13.5. The number of nitrogens with zero attached hydrogens (tertiary/aromatic N) is 3. The highest BCUT2D eigenvalue weighted by molar-refractivity contribution is 7.91. The molecule has 7 rings (SSSR count). The molecule has 8 nitrogen and oxygen atoms in total. The average Bonchev–Trinajstić information content (AvgIpc) is 3.17. The van der Waals surface area contributed by atoms with Crippen molar-refractivity contribution in [3.8, 4) is 5.75 Å². The minimum atomic E-state index is -3.63. The van der Waals surface area contributed by atoms with Crippen molar-refractivity contribution in [1.82, 2.24) is 4.90 Å². The van der Waals surface area contributed by atoms with Crippen molar-refractivity contribution < 1.29 is 40.6 Å². The second kappa shape index (κ2) is 16.8. The van der Waals surface area contributed by atoms with Crippen LogP contribution in [-0.2, 0) is 23.0 Å². The molecule has 10 heteroatoms. The van der Waals surface area contributed by atoms with E-state index < -0.39 is 27.3 Å². The molecule has 3 saturated heterocycles. The van der Waals surface area contributed by atoms with Crippen LogP contribution in [0.4, 0.5) is 5.69 Å².